The number of fused-ring (bicyclic) bond motifs is 1. The highest BCUT2D eigenvalue weighted by Gasteiger charge is 2.39. The van der Waals surface area contributed by atoms with Crippen LogP contribution in [0.2, 0.25) is 5.02 Å². The van der Waals surface area contributed by atoms with Crippen LogP contribution < -0.4 is 10.2 Å². The zero-order chi connectivity index (χ0) is 26.1. The van der Waals surface area contributed by atoms with Gasteiger partial charge in [0.1, 0.15) is 0 Å². The third-order valence-electron chi connectivity index (χ3n) is 8.89. The van der Waals surface area contributed by atoms with Gasteiger partial charge in [-0.1, -0.05) is 35.9 Å². The molecule has 0 saturated carbocycles. The largest absolute Gasteiger partial charge is 0.371 e. The highest BCUT2D eigenvalue weighted by Crippen LogP contribution is 2.43. The summed E-state index contributed by atoms with van der Waals surface area (Å²) in [6.45, 7) is 3.74. The van der Waals surface area contributed by atoms with Crippen LogP contribution in [0.1, 0.15) is 70.0 Å². The molecule has 2 aliphatic heterocycles. The summed E-state index contributed by atoms with van der Waals surface area (Å²) in [5, 5.41) is 3.58. The van der Waals surface area contributed by atoms with Crippen LogP contribution in [-0.2, 0) is 6.42 Å². The highest BCUT2D eigenvalue weighted by atomic mass is 35.5. The molecule has 2 fully saturated rings. The summed E-state index contributed by atoms with van der Waals surface area (Å²) in [4.78, 5) is 35.2. The maximum atomic E-state index is 13.7. The number of pyridine rings is 1. The number of halogens is 1. The number of hydrogen-bond donors (Lipinski definition) is 1. The van der Waals surface area contributed by atoms with E-state index in [1.807, 2.05) is 47.6 Å². The monoisotopic (exact) mass is 528 g/mol. The lowest BCUT2D eigenvalue weighted by Crippen LogP contribution is -2.48. The van der Waals surface area contributed by atoms with E-state index in [2.05, 4.69) is 27.3 Å². The van der Waals surface area contributed by atoms with Crippen molar-refractivity contribution < 1.29 is 9.59 Å². The zero-order valence-electron chi connectivity index (χ0n) is 21.5. The molecule has 1 aromatic heterocycles. The molecular weight excluding hydrogens is 496 g/mol. The molecule has 0 radical (unpaired) electrons. The number of hydrogen-bond acceptors (Lipinski definition) is 4. The lowest BCUT2D eigenvalue weighted by Gasteiger charge is -2.47. The van der Waals surface area contributed by atoms with Crippen LogP contribution in [0, 0.1) is 5.41 Å². The molecular formula is C31H33ClN4O2. The Morgan fingerprint density at radius 1 is 0.868 bits per heavy atom. The predicted molar refractivity (Wildman–Crippen MR) is 150 cm³/mol. The summed E-state index contributed by atoms with van der Waals surface area (Å²) in [6.07, 6.45) is 9.76. The zero-order valence-corrected chi connectivity index (χ0v) is 22.3. The quantitative estimate of drug-likeness (QED) is 0.473. The number of aromatic nitrogens is 1. The number of amides is 2. The minimum atomic E-state index is -0.179. The number of nitrogens with zero attached hydrogens (tertiary/aromatic N) is 3. The van der Waals surface area contributed by atoms with E-state index in [1.165, 1.54) is 18.5 Å². The topological polar surface area (TPSA) is 65.5 Å². The van der Waals surface area contributed by atoms with E-state index in [0.29, 0.717) is 16.0 Å². The SMILES string of the molecule is O=C(N[C@@H]1CCc2c(C(=O)N3CCC4(CC3)CCN(c3ccncc3)CC4)cccc21)c1ccccc1Cl. The van der Waals surface area contributed by atoms with Crippen molar-refractivity contribution in [3.8, 4) is 0 Å². The van der Waals surface area contributed by atoms with Crippen LogP contribution in [0.25, 0.3) is 0 Å². The normalized spacial score (nSPS) is 20.3. The standard InChI is InChI=1S/C31H33ClN4O2/c32-27-7-2-1-4-26(27)29(37)34-28-9-8-23-24(28)5-3-6-25(23)30(38)36-20-14-31(15-21-36)12-18-35(19-13-31)22-10-16-33-17-11-22/h1-7,10-11,16-17,28H,8-9,12-15,18-21H2,(H,34,37)/t28-/m1/s1. The van der Waals surface area contributed by atoms with E-state index in [0.717, 1.165) is 68.6 Å². The van der Waals surface area contributed by atoms with Gasteiger partial charge in [-0.2, -0.15) is 0 Å². The van der Waals surface area contributed by atoms with Gasteiger partial charge in [0.05, 0.1) is 16.6 Å². The molecule has 1 atom stereocenters. The van der Waals surface area contributed by atoms with Gasteiger partial charge in [-0.05, 0) is 85.4 Å². The average molecular weight is 529 g/mol. The van der Waals surface area contributed by atoms with E-state index < -0.39 is 0 Å². The highest BCUT2D eigenvalue weighted by molar-refractivity contribution is 6.33. The Labute approximate surface area is 229 Å². The third kappa shape index (κ3) is 4.78. The molecule has 6 rings (SSSR count). The summed E-state index contributed by atoms with van der Waals surface area (Å²) in [6, 6.07) is 17.1. The number of carbonyl (C=O) groups excluding carboxylic acids is 2. The number of anilines is 1. The fraction of sp³-hybridized carbons (Fsp3) is 0.387. The van der Waals surface area contributed by atoms with Gasteiger partial charge in [0, 0.05) is 49.8 Å². The molecule has 7 heteroatoms. The first-order chi connectivity index (χ1) is 18.5. The van der Waals surface area contributed by atoms with Gasteiger partial charge in [0.25, 0.3) is 11.8 Å². The number of rotatable bonds is 4. The smallest absolute Gasteiger partial charge is 0.254 e. The van der Waals surface area contributed by atoms with Crippen molar-refractivity contribution in [2.45, 2.75) is 44.6 Å². The maximum absolute atomic E-state index is 13.7. The summed E-state index contributed by atoms with van der Waals surface area (Å²) < 4.78 is 0. The fourth-order valence-corrected chi connectivity index (χ4v) is 6.76. The van der Waals surface area contributed by atoms with E-state index in [9.17, 15) is 9.59 Å². The van der Waals surface area contributed by atoms with Crippen LogP contribution in [0.3, 0.4) is 0 Å². The second-order valence-corrected chi connectivity index (χ2v) is 11.3. The van der Waals surface area contributed by atoms with E-state index in [4.69, 9.17) is 11.6 Å². The number of likely N-dealkylation sites (tertiary alicyclic amines) is 1. The van der Waals surface area contributed by atoms with Crippen LogP contribution in [0.15, 0.2) is 67.0 Å². The molecule has 3 aliphatic rings. The molecule has 3 heterocycles. The second-order valence-electron chi connectivity index (χ2n) is 10.9. The van der Waals surface area contributed by atoms with E-state index >= 15 is 0 Å². The van der Waals surface area contributed by atoms with Crippen LogP contribution in [-0.4, -0.2) is 47.9 Å². The Hall–Kier alpha value is -3.38. The molecule has 2 saturated heterocycles. The second kappa shape index (κ2) is 10.4. The first kappa shape index (κ1) is 24.9. The number of carbonyl (C=O) groups is 2. The minimum absolute atomic E-state index is 0.114. The van der Waals surface area contributed by atoms with Gasteiger partial charge in [-0.25, -0.2) is 0 Å². The van der Waals surface area contributed by atoms with Crippen LogP contribution in [0.5, 0.6) is 0 Å². The number of piperidine rings is 2. The first-order valence-electron chi connectivity index (χ1n) is 13.6. The van der Waals surface area contributed by atoms with Crippen molar-refractivity contribution in [2.75, 3.05) is 31.1 Å². The van der Waals surface area contributed by atoms with E-state index in [-0.39, 0.29) is 17.9 Å². The lowest BCUT2D eigenvalue weighted by atomic mass is 9.71. The average Bonchev–Trinajstić information content (AvgIpc) is 3.37. The minimum Gasteiger partial charge on any atom is -0.371 e. The molecule has 196 valence electrons. The van der Waals surface area contributed by atoms with Gasteiger partial charge < -0.3 is 15.1 Å². The van der Waals surface area contributed by atoms with Crippen molar-refractivity contribution in [1.82, 2.24) is 15.2 Å². The summed E-state index contributed by atoms with van der Waals surface area (Å²) >= 11 is 6.23. The Bertz CT molecular complexity index is 1330. The molecule has 2 aromatic carbocycles. The van der Waals surface area contributed by atoms with Crippen molar-refractivity contribution in [3.05, 3.63) is 94.3 Å². The molecule has 1 aliphatic carbocycles. The molecule has 2 amide bonds. The first-order valence-corrected chi connectivity index (χ1v) is 14.0. The molecule has 38 heavy (non-hydrogen) atoms. The molecule has 1 spiro atoms. The van der Waals surface area contributed by atoms with Gasteiger partial charge >= 0.3 is 0 Å². The van der Waals surface area contributed by atoms with Crippen molar-refractivity contribution in [2.24, 2.45) is 5.41 Å². The van der Waals surface area contributed by atoms with Crippen molar-refractivity contribution in [1.29, 1.82) is 0 Å². The Kier molecular flexibility index (Phi) is 6.83. The van der Waals surface area contributed by atoms with Gasteiger partial charge in [0.15, 0.2) is 0 Å². The van der Waals surface area contributed by atoms with Crippen LogP contribution in [0.4, 0.5) is 5.69 Å². The van der Waals surface area contributed by atoms with Gasteiger partial charge in [-0.3, -0.25) is 14.6 Å². The Morgan fingerprint density at radius 3 is 2.29 bits per heavy atom. The molecule has 6 nitrogen and oxygen atoms in total. The summed E-state index contributed by atoms with van der Waals surface area (Å²) in [5.41, 5.74) is 4.99. The molecule has 3 aromatic rings. The van der Waals surface area contributed by atoms with Gasteiger partial charge in [0.2, 0.25) is 0 Å². The summed E-state index contributed by atoms with van der Waals surface area (Å²) in [7, 11) is 0. The number of nitrogens with one attached hydrogen (secondary N) is 1. The van der Waals surface area contributed by atoms with Crippen LogP contribution >= 0.6 is 11.6 Å². The van der Waals surface area contributed by atoms with Crippen molar-refractivity contribution in [3.63, 3.8) is 0 Å². The van der Waals surface area contributed by atoms with E-state index in [1.54, 1.807) is 12.1 Å². The summed E-state index contributed by atoms with van der Waals surface area (Å²) in [5.74, 6) is -0.0505. The fourth-order valence-electron chi connectivity index (χ4n) is 6.53. The molecule has 0 bridgehead atoms. The Balaban J connectivity index is 1.09. The number of benzene rings is 2. The Morgan fingerprint density at radius 2 is 1.55 bits per heavy atom. The van der Waals surface area contributed by atoms with Gasteiger partial charge in [-0.15, -0.1) is 0 Å². The predicted octanol–water partition coefficient (Wildman–Crippen LogP) is 5.68. The molecule has 0 unspecified atom stereocenters. The van der Waals surface area contributed by atoms with Crippen molar-refractivity contribution >= 4 is 29.1 Å². The third-order valence-corrected chi connectivity index (χ3v) is 9.22. The maximum Gasteiger partial charge on any atom is 0.254 e. The lowest BCUT2D eigenvalue weighted by molar-refractivity contribution is 0.0514. The molecule has 1 N–H and O–H groups in total.